The first-order chi connectivity index (χ1) is 12.1. The number of carbonyl (C=O) groups is 1. The predicted octanol–water partition coefficient (Wildman–Crippen LogP) is 4.41. The molecule has 0 aliphatic carbocycles. The Kier molecular flexibility index (Phi) is 5.40. The Bertz CT molecular complexity index is 866. The van der Waals surface area contributed by atoms with Crippen molar-refractivity contribution in [3.8, 4) is 0 Å². The number of benzene rings is 1. The molecule has 0 aliphatic heterocycles. The van der Waals surface area contributed by atoms with E-state index in [-0.39, 0.29) is 5.91 Å². The number of nitrogens with zero attached hydrogens (tertiary/aromatic N) is 2. The Morgan fingerprint density at radius 1 is 1.12 bits per heavy atom. The van der Waals surface area contributed by atoms with E-state index in [0.29, 0.717) is 17.9 Å². The van der Waals surface area contributed by atoms with Crippen LogP contribution < -0.4 is 10.6 Å². The minimum absolute atomic E-state index is 0.185. The first-order valence-electron chi connectivity index (χ1n) is 7.78. The highest BCUT2D eigenvalue weighted by molar-refractivity contribution is 9.10. The first kappa shape index (κ1) is 17.1. The highest BCUT2D eigenvalue weighted by Gasteiger charge is 2.07. The Morgan fingerprint density at radius 3 is 2.60 bits per heavy atom. The number of rotatable bonds is 5. The highest BCUT2D eigenvalue weighted by Crippen LogP contribution is 2.20. The minimum atomic E-state index is -0.185. The molecule has 1 aromatic carbocycles. The summed E-state index contributed by atoms with van der Waals surface area (Å²) in [6, 6.07) is 13.1. The molecule has 2 aromatic heterocycles. The van der Waals surface area contributed by atoms with Crippen LogP contribution in [0.25, 0.3) is 0 Å². The van der Waals surface area contributed by atoms with Crippen molar-refractivity contribution < 1.29 is 4.79 Å². The second-order valence-corrected chi connectivity index (χ2v) is 6.41. The van der Waals surface area contributed by atoms with Crippen LogP contribution in [0.1, 0.15) is 21.5 Å². The zero-order chi connectivity index (χ0) is 17.6. The van der Waals surface area contributed by atoms with Gasteiger partial charge < -0.3 is 10.6 Å². The van der Waals surface area contributed by atoms with Gasteiger partial charge in [-0.2, -0.15) is 0 Å². The standard InChI is InChI=1S/C19H17BrN4O/c1-13-10-16(3-4-17(13)20)24-19(25)15-2-5-18(23-12-15)22-11-14-6-8-21-9-7-14/h2-10,12H,11H2,1H3,(H,22,23)(H,24,25). The maximum absolute atomic E-state index is 12.3. The van der Waals surface area contributed by atoms with Gasteiger partial charge in [0.2, 0.25) is 0 Å². The van der Waals surface area contributed by atoms with Crippen molar-refractivity contribution in [3.05, 3.63) is 82.2 Å². The minimum Gasteiger partial charge on any atom is -0.366 e. The maximum atomic E-state index is 12.3. The van der Waals surface area contributed by atoms with Crippen LogP contribution in [0.3, 0.4) is 0 Å². The lowest BCUT2D eigenvalue weighted by Crippen LogP contribution is -2.12. The Labute approximate surface area is 154 Å². The van der Waals surface area contributed by atoms with Crippen molar-refractivity contribution >= 4 is 33.3 Å². The van der Waals surface area contributed by atoms with Gasteiger partial charge in [-0.15, -0.1) is 0 Å². The van der Waals surface area contributed by atoms with Crippen molar-refractivity contribution in [1.29, 1.82) is 0 Å². The number of halogens is 1. The van der Waals surface area contributed by atoms with Gasteiger partial charge in [0.05, 0.1) is 5.56 Å². The average Bonchev–Trinajstić information content (AvgIpc) is 2.64. The molecule has 1 amide bonds. The van der Waals surface area contributed by atoms with E-state index >= 15 is 0 Å². The van der Waals surface area contributed by atoms with Crippen LogP contribution in [0, 0.1) is 6.92 Å². The summed E-state index contributed by atoms with van der Waals surface area (Å²) >= 11 is 3.45. The van der Waals surface area contributed by atoms with Gasteiger partial charge in [-0.25, -0.2) is 4.98 Å². The van der Waals surface area contributed by atoms with Gasteiger partial charge in [-0.05, 0) is 60.5 Å². The van der Waals surface area contributed by atoms with E-state index in [2.05, 4.69) is 36.5 Å². The Morgan fingerprint density at radius 2 is 1.92 bits per heavy atom. The van der Waals surface area contributed by atoms with Gasteiger partial charge in [0.15, 0.2) is 0 Å². The summed E-state index contributed by atoms with van der Waals surface area (Å²) in [5.41, 5.74) is 3.44. The molecule has 3 aromatic rings. The molecular weight excluding hydrogens is 380 g/mol. The number of pyridine rings is 2. The number of nitrogens with one attached hydrogen (secondary N) is 2. The SMILES string of the molecule is Cc1cc(NC(=O)c2ccc(NCc3ccncc3)nc2)ccc1Br. The molecule has 2 heterocycles. The number of aromatic nitrogens is 2. The second kappa shape index (κ2) is 7.90. The lowest BCUT2D eigenvalue weighted by atomic mass is 10.2. The van der Waals surface area contributed by atoms with E-state index in [1.807, 2.05) is 37.3 Å². The Balaban J connectivity index is 1.61. The third-order valence-electron chi connectivity index (χ3n) is 3.66. The smallest absolute Gasteiger partial charge is 0.257 e. The van der Waals surface area contributed by atoms with Crippen molar-refractivity contribution in [3.63, 3.8) is 0 Å². The highest BCUT2D eigenvalue weighted by atomic mass is 79.9. The summed E-state index contributed by atoms with van der Waals surface area (Å²) in [6.45, 7) is 2.63. The van der Waals surface area contributed by atoms with E-state index in [9.17, 15) is 4.79 Å². The Hall–Kier alpha value is -2.73. The molecule has 5 nitrogen and oxygen atoms in total. The van der Waals surface area contributed by atoms with E-state index < -0.39 is 0 Å². The van der Waals surface area contributed by atoms with Crippen LogP contribution in [0.2, 0.25) is 0 Å². The number of carbonyl (C=O) groups excluding carboxylic acids is 1. The quantitative estimate of drug-likeness (QED) is 0.669. The van der Waals surface area contributed by atoms with Crippen molar-refractivity contribution in [2.45, 2.75) is 13.5 Å². The summed E-state index contributed by atoms with van der Waals surface area (Å²) < 4.78 is 1.01. The fourth-order valence-electron chi connectivity index (χ4n) is 2.25. The molecule has 0 bridgehead atoms. The number of amides is 1. The molecule has 0 saturated carbocycles. The molecule has 0 aliphatic rings. The molecule has 0 atom stereocenters. The van der Waals surface area contributed by atoms with E-state index in [1.54, 1.807) is 30.7 Å². The summed E-state index contributed by atoms with van der Waals surface area (Å²) in [5, 5.41) is 6.09. The number of anilines is 2. The average molecular weight is 397 g/mol. The van der Waals surface area contributed by atoms with E-state index in [4.69, 9.17) is 0 Å². The molecular formula is C19H17BrN4O. The fourth-order valence-corrected chi connectivity index (χ4v) is 2.50. The first-order valence-corrected chi connectivity index (χ1v) is 8.57. The van der Waals surface area contributed by atoms with Crippen molar-refractivity contribution in [1.82, 2.24) is 9.97 Å². The molecule has 3 rings (SSSR count). The molecule has 0 spiro atoms. The van der Waals surface area contributed by atoms with Gasteiger partial charge >= 0.3 is 0 Å². The van der Waals surface area contributed by atoms with Crippen molar-refractivity contribution in [2.24, 2.45) is 0 Å². The molecule has 0 fully saturated rings. The third-order valence-corrected chi connectivity index (χ3v) is 4.55. The van der Waals surface area contributed by atoms with Crippen LogP contribution in [0.15, 0.2) is 65.5 Å². The van der Waals surface area contributed by atoms with E-state index in [0.717, 1.165) is 21.3 Å². The predicted molar refractivity (Wildman–Crippen MR) is 103 cm³/mol. The zero-order valence-corrected chi connectivity index (χ0v) is 15.2. The second-order valence-electron chi connectivity index (χ2n) is 5.56. The van der Waals surface area contributed by atoms with Gasteiger partial charge in [-0.3, -0.25) is 9.78 Å². The monoisotopic (exact) mass is 396 g/mol. The molecule has 2 N–H and O–H groups in total. The number of hydrogen-bond donors (Lipinski definition) is 2. The van der Waals surface area contributed by atoms with Gasteiger partial charge in [0.25, 0.3) is 5.91 Å². The zero-order valence-electron chi connectivity index (χ0n) is 13.7. The van der Waals surface area contributed by atoms with Gasteiger partial charge in [0.1, 0.15) is 5.82 Å². The van der Waals surface area contributed by atoms with Crippen LogP contribution >= 0.6 is 15.9 Å². The summed E-state index contributed by atoms with van der Waals surface area (Å²) in [5.74, 6) is 0.530. The topological polar surface area (TPSA) is 66.9 Å². The largest absolute Gasteiger partial charge is 0.366 e. The summed E-state index contributed by atoms with van der Waals surface area (Å²) in [4.78, 5) is 20.6. The van der Waals surface area contributed by atoms with Crippen LogP contribution in [-0.2, 0) is 6.54 Å². The normalized spacial score (nSPS) is 10.3. The summed E-state index contributed by atoms with van der Waals surface area (Å²) in [6.07, 6.45) is 5.07. The molecule has 0 unspecified atom stereocenters. The lowest BCUT2D eigenvalue weighted by molar-refractivity contribution is 0.102. The molecule has 0 saturated heterocycles. The lowest BCUT2D eigenvalue weighted by Gasteiger charge is -2.08. The maximum Gasteiger partial charge on any atom is 0.257 e. The molecule has 126 valence electrons. The summed E-state index contributed by atoms with van der Waals surface area (Å²) in [7, 11) is 0. The number of aryl methyl sites for hydroxylation is 1. The fraction of sp³-hybridized carbons (Fsp3) is 0.105. The molecule has 0 radical (unpaired) electrons. The van der Waals surface area contributed by atoms with Crippen LogP contribution in [0.4, 0.5) is 11.5 Å². The van der Waals surface area contributed by atoms with E-state index in [1.165, 1.54) is 0 Å². The van der Waals surface area contributed by atoms with Crippen LogP contribution in [0.5, 0.6) is 0 Å². The molecule has 25 heavy (non-hydrogen) atoms. The third kappa shape index (κ3) is 4.64. The van der Waals surface area contributed by atoms with Gasteiger partial charge in [0, 0.05) is 35.3 Å². The van der Waals surface area contributed by atoms with Crippen molar-refractivity contribution in [2.75, 3.05) is 10.6 Å². The molecule has 6 heteroatoms. The van der Waals surface area contributed by atoms with Gasteiger partial charge in [-0.1, -0.05) is 15.9 Å². The van der Waals surface area contributed by atoms with Crippen LogP contribution in [-0.4, -0.2) is 15.9 Å². The number of hydrogen-bond acceptors (Lipinski definition) is 4.